The molecule has 19 heavy (non-hydrogen) atoms. The fraction of sp³-hybridized carbons (Fsp3) is 0.933. The Kier molecular flexibility index (Phi) is 2.03. The smallest absolute Gasteiger partial charge is 0.309 e. The van der Waals surface area contributed by atoms with Gasteiger partial charge in [-0.1, -0.05) is 13.8 Å². The van der Waals surface area contributed by atoms with Crippen molar-refractivity contribution in [2.75, 3.05) is 0 Å². The highest BCUT2D eigenvalue weighted by Gasteiger charge is 2.85. The van der Waals surface area contributed by atoms with Gasteiger partial charge in [-0.25, -0.2) is 0 Å². The number of hydrogen-bond donors (Lipinski definition) is 1. The van der Waals surface area contributed by atoms with Crippen LogP contribution in [0.4, 0.5) is 0 Å². The van der Waals surface area contributed by atoms with Gasteiger partial charge in [-0.2, -0.15) is 0 Å². The molecule has 2 saturated heterocycles. The second-order valence-electron chi connectivity index (χ2n) is 7.41. The highest BCUT2D eigenvalue weighted by Crippen LogP contribution is 2.73. The van der Waals surface area contributed by atoms with Crippen LogP contribution in [0.25, 0.3) is 0 Å². The number of aliphatic hydroxyl groups excluding tert-OH is 1. The van der Waals surface area contributed by atoms with Gasteiger partial charge in [0.2, 0.25) is 0 Å². The van der Waals surface area contributed by atoms with E-state index in [1.165, 1.54) is 0 Å². The summed E-state index contributed by atoms with van der Waals surface area (Å²) in [7, 11) is 0. The van der Waals surface area contributed by atoms with Crippen LogP contribution in [0.3, 0.4) is 0 Å². The molecule has 2 aliphatic carbocycles. The summed E-state index contributed by atoms with van der Waals surface area (Å²) in [6, 6.07) is 0. The van der Waals surface area contributed by atoms with Crippen molar-refractivity contribution < 1.29 is 19.4 Å². The molecule has 1 N–H and O–H groups in total. The van der Waals surface area contributed by atoms with Crippen molar-refractivity contribution in [3.8, 4) is 0 Å². The molecule has 4 aliphatic rings. The lowest BCUT2D eigenvalue weighted by Crippen LogP contribution is -2.60. The summed E-state index contributed by atoms with van der Waals surface area (Å²) in [5.74, 6) is 0.135. The van der Waals surface area contributed by atoms with E-state index in [0.717, 1.165) is 25.7 Å². The highest BCUT2D eigenvalue weighted by atomic mass is 16.7. The van der Waals surface area contributed by atoms with E-state index in [1.807, 2.05) is 13.8 Å². The average Bonchev–Trinajstić information content (AvgIpc) is 2.92. The maximum absolute atomic E-state index is 11.9. The van der Waals surface area contributed by atoms with Crippen LogP contribution in [0.15, 0.2) is 0 Å². The van der Waals surface area contributed by atoms with Gasteiger partial charge >= 0.3 is 5.97 Å². The van der Waals surface area contributed by atoms with Gasteiger partial charge in [0.1, 0.15) is 17.3 Å². The van der Waals surface area contributed by atoms with Crippen molar-refractivity contribution in [1.82, 2.24) is 0 Å². The van der Waals surface area contributed by atoms with E-state index in [0.29, 0.717) is 0 Å². The SMILES string of the molecule is C[C@H]1C(=O)O[C@@H]2[C@@H]1CC[C@]1(C)CC[C@@H](O)[C@@]3(C)O[C@@]213. The summed E-state index contributed by atoms with van der Waals surface area (Å²) in [5, 5.41) is 10.3. The van der Waals surface area contributed by atoms with E-state index >= 15 is 0 Å². The molecule has 4 rings (SSSR count). The van der Waals surface area contributed by atoms with E-state index in [4.69, 9.17) is 9.47 Å². The van der Waals surface area contributed by atoms with Crippen LogP contribution >= 0.6 is 0 Å². The Morgan fingerprint density at radius 2 is 1.95 bits per heavy atom. The molecule has 0 aromatic rings. The lowest BCUT2D eigenvalue weighted by molar-refractivity contribution is -0.152. The molecule has 2 saturated carbocycles. The molecule has 1 spiro atoms. The molecule has 0 unspecified atom stereocenters. The van der Waals surface area contributed by atoms with Crippen molar-refractivity contribution in [1.29, 1.82) is 0 Å². The van der Waals surface area contributed by atoms with E-state index in [2.05, 4.69) is 6.92 Å². The molecular weight excluding hydrogens is 244 g/mol. The van der Waals surface area contributed by atoms with Crippen molar-refractivity contribution in [3.05, 3.63) is 0 Å². The van der Waals surface area contributed by atoms with Crippen LogP contribution in [0.1, 0.15) is 46.5 Å². The molecule has 106 valence electrons. The van der Waals surface area contributed by atoms with Crippen LogP contribution in [-0.2, 0) is 14.3 Å². The van der Waals surface area contributed by atoms with Crippen LogP contribution in [0.5, 0.6) is 0 Å². The Morgan fingerprint density at radius 1 is 1.26 bits per heavy atom. The van der Waals surface area contributed by atoms with E-state index in [-0.39, 0.29) is 29.3 Å². The van der Waals surface area contributed by atoms with Gasteiger partial charge in [0.15, 0.2) is 0 Å². The largest absolute Gasteiger partial charge is 0.459 e. The Labute approximate surface area is 113 Å². The van der Waals surface area contributed by atoms with Gasteiger partial charge in [0.25, 0.3) is 0 Å². The Balaban J connectivity index is 1.80. The normalized spacial score (nSPS) is 62.8. The van der Waals surface area contributed by atoms with Gasteiger partial charge < -0.3 is 14.6 Å². The first kappa shape index (κ1) is 12.2. The summed E-state index contributed by atoms with van der Waals surface area (Å²) in [5.41, 5.74) is -0.929. The standard InChI is InChI=1S/C15H22O4/c1-8-9-4-6-13(2)7-5-10(16)14(3)15(13,19-14)11(9)18-12(8)17/h8-11,16H,4-7H2,1-3H3/t8-,9-,10-,11-,13-,14-,15+/m1/s1. The van der Waals surface area contributed by atoms with Crippen LogP contribution in [0.2, 0.25) is 0 Å². The number of hydrogen-bond acceptors (Lipinski definition) is 4. The van der Waals surface area contributed by atoms with Crippen molar-refractivity contribution in [3.63, 3.8) is 0 Å². The predicted octanol–water partition coefficient (Wildman–Crippen LogP) is 1.65. The van der Waals surface area contributed by atoms with Crippen molar-refractivity contribution >= 4 is 5.97 Å². The number of carbonyl (C=O) groups excluding carboxylic acids is 1. The third-order valence-electron chi connectivity index (χ3n) is 6.65. The summed E-state index contributed by atoms with van der Waals surface area (Å²) in [6.45, 7) is 6.21. The number of ether oxygens (including phenoxy) is 2. The number of fused-ring (bicyclic) bond motifs is 1. The molecule has 2 heterocycles. The first-order valence-corrected chi connectivity index (χ1v) is 7.44. The molecule has 4 nitrogen and oxygen atoms in total. The molecular formula is C15H22O4. The van der Waals surface area contributed by atoms with Gasteiger partial charge in [0, 0.05) is 11.3 Å². The highest BCUT2D eigenvalue weighted by molar-refractivity contribution is 5.75. The zero-order valence-corrected chi connectivity index (χ0v) is 11.8. The Morgan fingerprint density at radius 3 is 2.68 bits per heavy atom. The maximum atomic E-state index is 11.9. The number of epoxide rings is 1. The first-order valence-electron chi connectivity index (χ1n) is 7.44. The Bertz CT molecular complexity index is 463. The molecule has 0 aromatic heterocycles. The average molecular weight is 266 g/mol. The van der Waals surface area contributed by atoms with Crippen LogP contribution in [0, 0.1) is 17.3 Å². The minimum atomic E-state index is -0.520. The molecule has 7 atom stereocenters. The van der Waals surface area contributed by atoms with Crippen molar-refractivity contribution in [2.45, 2.75) is 69.9 Å². The Hall–Kier alpha value is -0.610. The number of carbonyl (C=O) groups is 1. The fourth-order valence-electron chi connectivity index (χ4n) is 5.29. The van der Waals surface area contributed by atoms with Gasteiger partial charge in [0.05, 0.1) is 12.0 Å². The van der Waals surface area contributed by atoms with E-state index in [1.54, 1.807) is 0 Å². The van der Waals surface area contributed by atoms with E-state index in [9.17, 15) is 9.90 Å². The minimum Gasteiger partial charge on any atom is -0.459 e. The number of rotatable bonds is 0. The van der Waals surface area contributed by atoms with Gasteiger partial charge in [-0.05, 0) is 32.6 Å². The lowest BCUT2D eigenvalue weighted by Gasteiger charge is -2.50. The summed E-state index contributed by atoms with van der Waals surface area (Å²) in [6.07, 6.45) is 3.25. The fourth-order valence-corrected chi connectivity index (χ4v) is 5.29. The minimum absolute atomic E-state index is 0.0311. The molecule has 0 radical (unpaired) electrons. The molecule has 4 heteroatoms. The molecule has 4 fully saturated rings. The van der Waals surface area contributed by atoms with E-state index < -0.39 is 17.3 Å². The lowest BCUT2D eigenvalue weighted by atomic mass is 9.52. The summed E-state index contributed by atoms with van der Waals surface area (Å²) >= 11 is 0. The van der Waals surface area contributed by atoms with Crippen LogP contribution < -0.4 is 0 Å². The first-order chi connectivity index (χ1) is 8.86. The number of aliphatic hydroxyl groups is 1. The number of esters is 1. The molecule has 0 amide bonds. The third-order valence-corrected chi connectivity index (χ3v) is 6.65. The molecule has 0 aromatic carbocycles. The van der Waals surface area contributed by atoms with Crippen LogP contribution in [-0.4, -0.2) is 34.5 Å². The quantitative estimate of drug-likeness (QED) is 0.535. The third kappa shape index (κ3) is 1.09. The summed E-state index contributed by atoms with van der Waals surface area (Å²) < 4.78 is 11.9. The molecule has 2 aliphatic heterocycles. The maximum Gasteiger partial charge on any atom is 0.309 e. The zero-order chi connectivity index (χ0) is 13.6. The second-order valence-corrected chi connectivity index (χ2v) is 7.41. The van der Waals surface area contributed by atoms with Crippen molar-refractivity contribution in [2.24, 2.45) is 17.3 Å². The zero-order valence-electron chi connectivity index (χ0n) is 11.8. The monoisotopic (exact) mass is 266 g/mol. The van der Waals surface area contributed by atoms with Gasteiger partial charge in [-0.15, -0.1) is 0 Å². The van der Waals surface area contributed by atoms with Gasteiger partial charge in [-0.3, -0.25) is 4.79 Å². The predicted molar refractivity (Wildman–Crippen MR) is 67.3 cm³/mol. The summed E-state index contributed by atoms with van der Waals surface area (Å²) in [4.78, 5) is 11.9. The molecule has 0 bridgehead atoms. The second kappa shape index (κ2) is 3.17. The topological polar surface area (TPSA) is 59.1 Å².